The monoisotopic (exact) mass is 438 g/mol. The minimum Gasteiger partial charge on any atom is -0.369 e. The molecule has 0 radical (unpaired) electrons. The lowest BCUT2D eigenvalue weighted by molar-refractivity contribution is 0.598. The fraction of sp³-hybridized carbons (Fsp3) is 0.0909. The van der Waals surface area contributed by atoms with Gasteiger partial charge < -0.3 is 5.32 Å². The van der Waals surface area contributed by atoms with E-state index in [0.717, 1.165) is 27.6 Å². The van der Waals surface area contributed by atoms with Gasteiger partial charge in [0.25, 0.3) is 0 Å². The number of sulfonamides is 1. The number of nitrogens with zero attached hydrogens (tertiary/aromatic N) is 2. The molecule has 6 nitrogen and oxygen atoms in total. The molecule has 0 aliphatic heterocycles. The molecule has 0 unspecified atom stereocenters. The number of benzene rings is 3. The minimum absolute atomic E-state index is 0.0975. The van der Waals surface area contributed by atoms with Gasteiger partial charge in [-0.05, 0) is 52.9 Å². The number of anilines is 1. The third kappa shape index (κ3) is 4.43. The summed E-state index contributed by atoms with van der Waals surface area (Å²) in [6.45, 7) is 0.584. The van der Waals surface area contributed by atoms with E-state index < -0.39 is 10.0 Å². The summed E-state index contributed by atoms with van der Waals surface area (Å²) in [6.07, 6.45) is 0.668. The molecule has 3 aromatic carbocycles. The first-order valence-corrected chi connectivity index (χ1v) is 11.2. The average Bonchev–Trinajstić information content (AvgIpc) is 2.73. The summed E-state index contributed by atoms with van der Waals surface area (Å²) in [5.74, 6) is 0.658. The first kappa shape index (κ1) is 20.3. The van der Waals surface area contributed by atoms with Gasteiger partial charge in [0.05, 0.1) is 15.8 Å². The van der Waals surface area contributed by atoms with E-state index in [4.69, 9.17) is 16.7 Å². The average molecular weight is 439 g/mol. The van der Waals surface area contributed by atoms with Gasteiger partial charge in [-0.3, -0.25) is 0 Å². The van der Waals surface area contributed by atoms with Crippen LogP contribution in [0.4, 0.5) is 5.82 Å². The molecule has 0 saturated carbocycles. The van der Waals surface area contributed by atoms with E-state index in [1.807, 2.05) is 48.5 Å². The number of nitrogens with two attached hydrogens (primary N) is 1. The van der Waals surface area contributed by atoms with Crippen LogP contribution >= 0.6 is 11.6 Å². The van der Waals surface area contributed by atoms with Gasteiger partial charge >= 0.3 is 0 Å². The molecule has 4 aromatic rings. The molecule has 0 saturated heterocycles. The van der Waals surface area contributed by atoms with E-state index in [-0.39, 0.29) is 10.2 Å². The topological polar surface area (TPSA) is 98.0 Å². The summed E-state index contributed by atoms with van der Waals surface area (Å²) in [7, 11) is -3.69. The first-order valence-electron chi connectivity index (χ1n) is 9.29. The lowest BCUT2D eigenvalue weighted by Crippen LogP contribution is -2.12. The Hall–Kier alpha value is -3.00. The number of rotatable bonds is 6. The molecule has 1 aromatic heterocycles. The number of nitrogens with one attached hydrogen (secondary N) is 1. The number of primary sulfonamides is 1. The summed E-state index contributed by atoms with van der Waals surface area (Å²) in [5, 5.41) is 9.57. The number of aromatic nitrogens is 2. The molecule has 1 heterocycles. The fourth-order valence-corrected chi connectivity index (χ4v) is 4.00. The maximum absolute atomic E-state index is 11.4. The van der Waals surface area contributed by atoms with Gasteiger partial charge in [0.15, 0.2) is 0 Å². The summed E-state index contributed by atoms with van der Waals surface area (Å²) in [4.78, 5) is 8.88. The Kier molecular flexibility index (Phi) is 5.67. The van der Waals surface area contributed by atoms with E-state index in [2.05, 4.69) is 15.3 Å². The van der Waals surface area contributed by atoms with Gasteiger partial charge in [-0.2, -0.15) is 0 Å². The molecule has 0 amide bonds. The Labute approximate surface area is 179 Å². The van der Waals surface area contributed by atoms with Gasteiger partial charge in [-0.1, -0.05) is 54.6 Å². The molecule has 0 atom stereocenters. The van der Waals surface area contributed by atoms with Crippen molar-refractivity contribution < 1.29 is 8.42 Å². The van der Waals surface area contributed by atoms with Gasteiger partial charge in [-0.15, -0.1) is 0 Å². The molecule has 152 valence electrons. The Morgan fingerprint density at radius 2 is 1.63 bits per heavy atom. The number of fused-ring (bicyclic) bond motifs is 1. The molecule has 0 aliphatic carbocycles. The zero-order valence-electron chi connectivity index (χ0n) is 15.9. The third-order valence-electron chi connectivity index (χ3n) is 4.74. The second-order valence-corrected chi connectivity index (χ2v) is 8.67. The van der Waals surface area contributed by atoms with E-state index >= 15 is 0 Å². The molecule has 0 spiro atoms. The van der Waals surface area contributed by atoms with Crippen molar-refractivity contribution in [2.75, 3.05) is 11.9 Å². The summed E-state index contributed by atoms with van der Waals surface area (Å²) >= 11 is 6.15. The standard InChI is InChI=1S/C22H19ClN4O2S/c23-22-26-19-8-4-7-18(16-5-2-1-3-6-16)20(19)21(27-22)25-14-13-15-9-11-17(12-10-15)30(24,28)29/h1-12H,13-14H2,(H2,24,28,29)(H,25,26,27). The first-order chi connectivity index (χ1) is 14.4. The highest BCUT2D eigenvalue weighted by Crippen LogP contribution is 2.33. The van der Waals surface area contributed by atoms with Crippen LogP contribution in [0.15, 0.2) is 77.7 Å². The molecule has 0 bridgehead atoms. The van der Waals surface area contributed by atoms with Crippen molar-refractivity contribution in [1.82, 2.24) is 9.97 Å². The highest BCUT2D eigenvalue weighted by molar-refractivity contribution is 7.89. The predicted molar refractivity (Wildman–Crippen MR) is 120 cm³/mol. The molecule has 4 rings (SSSR count). The Morgan fingerprint density at radius 1 is 0.900 bits per heavy atom. The van der Waals surface area contributed by atoms with E-state index in [9.17, 15) is 8.42 Å². The maximum atomic E-state index is 11.4. The molecule has 3 N–H and O–H groups in total. The quantitative estimate of drug-likeness (QED) is 0.438. The smallest absolute Gasteiger partial charge is 0.238 e. The van der Waals surface area contributed by atoms with Crippen LogP contribution in [0.1, 0.15) is 5.56 Å². The zero-order chi connectivity index (χ0) is 21.1. The van der Waals surface area contributed by atoms with Crippen molar-refractivity contribution in [3.8, 4) is 11.1 Å². The van der Waals surface area contributed by atoms with Crippen molar-refractivity contribution in [3.05, 3.63) is 83.6 Å². The van der Waals surface area contributed by atoms with Crippen molar-refractivity contribution in [2.45, 2.75) is 11.3 Å². The SMILES string of the molecule is NS(=O)(=O)c1ccc(CCNc2nc(Cl)nc3cccc(-c4ccccc4)c23)cc1. The normalized spacial score (nSPS) is 11.5. The van der Waals surface area contributed by atoms with Crippen LogP contribution < -0.4 is 10.5 Å². The van der Waals surface area contributed by atoms with Crippen LogP contribution in [0.3, 0.4) is 0 Å². The minimum atomic E-state index is -3.69. The highest BCUT2D eigenvalue weighted by Gasteiger charge is 2.12. The predicted octanol–water partition coefficient (Wildman–Crippen LogP) is 4.25. The van der Waals surface area contributed by atoms with Crippen LogP contribution in [0.25, 0.3) is 22.0 Å². The number of hydrogen-bond acceptors (Lipinski definition) is 5. The van der Waals surface area contributed by atoms with Crippen LogP contribution in [0, 0.1) is 0 Å². The van der Waals surface area contributed by atoms with E-state index in [1.165, 1.54) is 12.1 Å². The van der Waals surface area contributed by atoms with Gasteiger partial charge in [-0.25, -0.2) is 23.5 Å². The summed E-state index contributed by atoms with van der Waals surface area (Å²) in [5.41, 5.74) is 3.82. The molecule has 30 heavy (non-hydrogen) atoms. The second kappa shape index (κ2) is 8.39. The molecular weight excluding hydrogens is 420 g/mol. The van der Waals surface area contributed by atoms with E-state index in [0.29, 0.717) is 18.8 Å². The molecule has 0 aliphatic rings. The Bertz CT molecular complexity index is 1290. The van der Waals surface area contributed by atoms with Crippen LogP contribution in [0.5, 0.6) is 0 Å². The van der Waals surface area contributed by atoms with Gasteiger partial charge in [0.1, 0.15) is 5.82 Å². The molecule has 0 fully saturated rings. The largest absolute Gasteiger partial charge is 0.369 e. The lowest BCUT2D eigenvalue weighted by atomic mass is 10.0. The summed E-state index contributed by atoms with van der Waals surface area (Å²) in [6, 6.07) is 22.5. The number of halogens is 1. The van der Waals surface area contributed by atoms with Crippen molar-refractivity contribution in [3.63, 3.8) is 0 Å². The van der Waals surface area contributed by atoms with Gasteiger partial charge in [0, 0.05) is 6.54 Å². The van der Waals surface area contributed by atoms with Crippen LogP contribution in [0.2, 0.25) is 5.28 Å². The van der Waals surface area contributed by atoms with Crippen LogP contribution in [-0.2, 0) is 16.4 Å². The fourth-order valence-electron chi connectivity index (χ4n) is 3.31. The Balaban J connectivity index is 1.61. The molecule has 8 heteroatoms. The summed E-state index contributed by atoms with van der Waals surface area (Å²) < 4.78 is 22.8. The third-order valence-corrected chi connectivity index (χ3v) is 5.84. The van der Waals surface area contributed by atoms with Crippen molar-refractivity contribution in [2.24, 2.45) is 5.14 Å². The van der Waals surface area contributed by atoms with Crippen molar-refractivity contribution >= 4 is 38.3 Å². The number of hydrogen-bond donors (Lipinski definition) is 2. The molecular formula is C22H19ClN4O2S. The zero-order valence-corrected chi connectivity index (χ0v) is 17.5. The second-order valence-electron chi connectivity index (χ2n) is 6.77. The Morgan fingerprint density at radius 3 is 2.33 bits per heavy atom. The maximum Gasteiger partial charge on any atom is 0.238 e. The van der Waals surface area contributed by atoms with Gasteiger partial charge in [0.2, 0.25) is 15.3 Å². The van der Waals surface area contributed by atoms with E-state index in [1.54, 1.807) is 12.1 Å². The van der Waals surface area contributed by atoms with Crippen molar-refractivity contribution in [1.29, 1.82) is 0 Å². The van der Waals surface area contributed by atoms with Crippen LogP contribution in [-0.4, -0.2) is 24.9 Å². The highest BCUT2D eigenvalue weighted by atomic mass is 35.5. The lowest BCUT2D eigenvalue weighted by Gasteiger charge is -2.13.